The van der Waals surface area contributed by atoms with Gasteiger partial charge in [-0.2, -0.15) is 0 Å². The summed E-state index contributed by atoms with van der Waals surface area (Å²) in [5.41, 5.74) is 0. The van der Waals surface area contributed by atoms with E-state index in [2.05, 4.69) is 5.32 Å². The number of piperidine rings is 1. The summed E-state index contributed by atoms with van der Waals surface area (Å²) in [5.74, 6) is 0. The Balaban J connectivity index is 2.07. The standard InChI is InChI=1S/C11H22N2O2/c1-10(2)15-9-6-12-11(14)13-7-4-3-5-8-13/h10H,3-9H2,1-2H3,(H,12,14). The molecular weight excluding hydrogens is 192 g/mol. The van der Waals surface area contributed by atoms with Crippen molar-refractivity contribution in [3.63, 3.8) is 0 Å². The zero-order valence-electron chi connectivity index (χ0n) is 9.79. The first-order valence-electron chi connectivity index (χ1n) is 5.84. The molecule has 1 heterocycles. The summed E-state index contributed by atoms with van der Waals surface area (Å²) in [5, 5.41) is 2.87. The molecule has 0 bridgehead atoms. The fraction of sp³-hybridized carbons (Fsp3) is 0.909. The maximum Gasteiger partial charge on any atom is 0.317 e. The minimum Gasteiger partial charge on any atom is -0.377 e. The van der Waals surface area contributed by atoms with Gasteiger partial charge in [0.25, 0.3) is 0 Å². The third-order valence-electron chi connectivity index (χ3n) is 2.47. The summed E-state index contributed by atoms with van der Waals surface area (Å²) >= 11 is 0. The van der Waals surface area contributed by atoms with Crippen LogP contribution < -0.4 is 5.32 Å². The van der Waals surface area contributed by atoms with E-state index in [1.165, 1.54) is 6.42 Å². The molecule has 0 saturated carbocycles. The number of carbonyl (C=O) groups is 1. The molecule has 4 nitrogen and oxygen atoms in total. The van der Waals surface area contributed by atoms with E-state index < -0.39 is 0 Å². The Labute approximate surface area is 92.0 Å². The molecule has 0 unspecified atom stereocenters. The minimum atomic E-state index is 0.0575. The van der Waals surface area contributed by atoms with E-state index in [9.17, 15) is 4.79 Å². The topological polar surface area (TPSA) is 41.6 Å². The summed E-state index contributed by atoms with van der Waals surface area (Å²) in [4.78, 5) is 13.5. The molecule has 0 radical (unpaired) electrons. The van der Waals surface area contributed by atoms with Crippen LogP contribution in [0.25, 0.3) is 0 Å². The van der Waals surface area contributed by atoms with Crippen molar-refractivity contribution in [1.82, 2.24) is 10.2 Å². The molecule has 1 saturated heterocycles. The molecule has 1 fully saturated rings. The van der Waals surface area contributed by atoms with Gasteiger partial charge in [0.05, 0.1) is 12.7 Å². The highest BCUT2D eigenvalue weighted by Gasteiger charge is 2.15. The fourth-order valence-corrected chi connectivity index (χ4v) is 1.66. The summed E-state index contributed by atoms with van der Waals surface area (Å²) < 4.78 is 5.35. The SMILES string of the molecule is CC(C)OCCNC(=O)N1CCCCC1. The molecule has 0 aromatic rings. The predicted molar refractivity (Wildman–Crippen MR) is 59.9 cm³/mol. The maximum atomic E-state index is 11.6. The first kappa shape index (κ1) is 12.3. The van der Waals surface area contributed by atoms with Crippen LogP contribution in [-0.4, -0.2) is 43.3 Å². The van der Waals surface area contributed by atoms with Crippen LogP contribution in [0.2, 0.25) is 0 Å². The van der Waals surface area contributed by atoms with Gasteiger partial charge >= 0.3 is 6.03 Å². The minimum absolute atomic E-state index is 0.0575. The van der Waals surface area contributed by atoms with Gasteiger partial charge in [-0.3, -0.25) is 0 Å². The Kier molecular flexibility index (Phi) is 5.47. The molecule has 0 spiro atoms. The van der Waals surface area contributed by atoms with Crippen molar-refractivity contribution in [2.45, 2.75) is 39.2 Å². The third-order valence-corrected chi connectivity index (χ3v) is 2.47. The lowest BCUT2D eigenvalue weighted by atomic mass is 10.1. The van der Waals surface area contributed by atoms with Crippen LogP contribution in [0, 0.1) is 0 Å². The largest absolute Gasteiger partial charge is 0.377 e. The van der Waals surface area contributed by atoms with Crippen molar-refractivity contribution >= 4 is 6.03 Å². The monoisotopic (exact) mass is 214 g/mol. The van der Waals surface area contributed by atoms with Crippen LogP contribution in [0.4, 0.5) is 4.79 Å². The van der Waals surface area contributed by atoms with Gasteiger partial charge in [-0.25, -0.2) is 4.79 Å². The van der Waals surface area contributed by atoms with Crippen LogP contribution in [0.3, 0.4) is 0 Å². The lowest BCUT2D eigenvalue weighted by Gasteiger charge is -2.26. The third kappa shape index (κ3) is 5.02. The van der Waals surface area contributed by atoms with Gasteiger partial charge in [0.1, 0.15) is 0 Å². The molecule has 1 aliphatic heterocycles. The number of ether oxygens (including phenoxy) is 1. The van der Waals surface area contributed by atoms with Crippen LogP contribution in [0.1, 0.15) is 33.1 Å². The number of urea groups is 1. The maximum absolute atomic E-state index is 11.6. The van der Waals surface area contributed by atoms with Gasteiger partial charge in [0, 0.05) is 19.6 Å². The molecule has 88 valence electrons. The van der Waals surface area contributed by atoms with Gasteiger partial charge in [-0.15, -0.1) is 0 Å². The fourth-order valence-electron chi connectivity index (χ4n) is 1.66. The smallest absolute Gasteiger partial charge is 0.317 e. The highest BCUT2D eigenvalue weighted by Crippen LogP contribution is 2.07. The molecule has 1 N–H and O–H groups in total. The normalized spacial score (nSPS) is 16.9. The molecule has 0 aromatic heterocycles. The van der Waals surface area contributed by atoms with Crippen molar-refractivity contribution in [3.8, 4) is 0 Å². The van der Waals surface area contributed by atoms with Crippen LogP contribution in [-0.2, 0) is 4.74 Å². The molecule has 4 heteroatoms. The van der Waals surface area contributed by atoms with E-state index in [1.807, 2.05) is 18.7 Å². The number of hydrogen-bond donors (Lipinski definition) is 1. The van der Waals surface area contributed by atoms with E-state index in [1.54, 1.807) is 0 Å². The Hall–Kier alpha value is -0.770. The van der Waals surface area contributed by atoms with Gasteiger partial charge in [-0.05, 0) is 33.1 Å². The highest BCUT2D eigenvalue weighted by atomic mass is 16.5. The summed E-state index contributed by atoms with van der Waals surface area (Å²) in [6.07, 6.45) is 3.75. The van der Waals surface area contributed by atoms with Crippen molar-refractivity contribution in [3.05, 3.63) is 0 Å². The van der Waals surface area contributed by atoms with E-state index in [0.717, 1.165) is 25.9 Å². The average molecular weight is 214 g/mol. The van der Waals surface area contributed by atoms with E-state index >= 15 is 0 Å². The van der Waals surface area contributed by atoms with Crippen molar-refractivity contribution in [2.24, 2.45) is 0 Å². The second-order valence-corrected chi connectivity index (χ2v) is 4.20. The van der Waals surface area contributed by atoms with Crippen molar-refractivity contribution < 1.29 is 9.53 Å². The molecular formula is C11H22N2O2. The molecule has 15 heavy (non-hydrogen) atoms. The zero-order chi connectivity index (χ0) is 11.1. The van der Waals surface area contributed by atoms with Crippen molar-refractivity contribution in [1.29, 1.82) is 0 Å². The Morgan fingerprint density at radius 2 is 2.00 bits per heavy atom. The van der Waals surface area contributed by atoms with E-state index in [4.69, 9.17) is 4.74 Å². The Morgan fingerprint density at radius 3 is 2.60 bits per heavy atom. The Morgan fingerprint density at radius 1 is 1.33 bits per heavy atom. The zero-order valence-corrected chi connectivity index (χ0v) is 9.79. The first-order chi connectivity index (χ1) is 7.20. The van der Waals surface area contributed by atoms with Gasteiger partial charge in [0.2, 0.25) is 0 Å². The number of hydrogen-bond acceptors (Lipinski definition) is 2. The summed E-state index contributed by atoms with van der Waals surface area (Å²) in [6, 6.07) is 0.0575. The second kappa shape index (κ2) is 6.67. The van der Waals surface area contributed by atoms with E-state index in [0.29, 0.717) is 13.2 Å². The lowest BCUT2D eigenvalue weighted by molar-refractivity contribution is 0.0805. The van der Waals surface area contributed by atoms with Crippen molar-refractivity contribution in [2.75, 3.05) is 26.2 Å². The molecule has 2 amide bonds. The van der Waals surface area contributed by atoms with Gasteiger partial charge in [-0.1, -0.05) is 0 Å². The van der Waals surface area contributed by atoms with Gasteiger partial charge < -0.3 is 15.0 Å². The van der Waals surface area contributed by atoms with Crippen LogP contribution >= 0.6 is 0 Å². The molecule has 0 atom stereocenters. The average Bonchev–Trinajstić information content (AvgIpc) is 2.25. The number of likely N-dealkylation sites (tertiary alicyclic amines) is 1. The molecule has 0 aromatic carbocycles. The summed E-state index contributed by atoms with van der Waals surface area (Å²) in [6.45, 7) is 6.98. The van der Waals surface area contributed by atoms with Crippen LogP contribution in [0.5, 0.6) is 0 Å². The second-order valence-electron chi connectivity index (χ2n) is 4.20. The number of carbonyl (C=O) groups excluding carboxylic acids is 1. The number of rotatable bonds is 4. The van der Waals surface area contributed by atoms with Gasteiger partial charge in [0.15, 0.2) is 0 Å². The van der Waals surface area contributed by atoms with E-state index in [-0.39, 0.29) is 12.1 Å². The molecule has 1 rings (SSSR count). The number of nitrogens with zero attached hydrogens (tertiary/aromatic N) is 1. The highest BCUT2D eigenvalue weighted by molar-refractivity contribution is 5.74. The molecule has 0 aliphatic carbocycles. The quantitative estimate of drug-likeness (QED) is 0.722. The molecule has 1 aliphatic rings. The predicted octanol–water partition coefficient (Wildman–Crippen LogP) is 1.61. The first-order valence-corrected chi connectivity index (χ1v) is 5.84. The van der Waals surface area contributed by atoms with Crippen LogP contribution in [0.15, 0.2) is 0 Å². The Bertz CT molecular complexity index is 189. The lowest BCUT2D eigenvalue weighted by Crippen LogP contribution is -2.43. The number of amides is 2. The number of nitrogens with one attached hydrogen (secondary N) is 1. The summed E-state index contributed by atoms with van der Waals surface area (Å²) in [7, 11) is 0.